The Kier molecular flexibility index (Phi) is 3.69. The quantitative estimate of drug-likeness (QED) is 0.627. The van der Waals surface area contributed by atoms with Crippen molar-refractivity contribution in [1.29, 1.82) is 0 Å². The molecule has 1 aromatic carbocycles. The van der Waals surface area contributed by atoms with Crippen LogP contribution in [0, 0.1) is 12.3 Å². The summed E-state index contributed by atoms with van der Waals surface area (Å²) in [7, 11) is 0. The van der Waals surface area contributed by atoms with E-state index >= 15 is 0 Å². The summed E-state index contributed by atoms with van der Waals surface area (Å²) >= 11 is 0. The molecule has 0 saturated heterocycles. The Morgan fingerprint density at radius 2 is 1.89 bits per heavy atom. The van der Waals surface area contributed by atoms with E-state index in [1.807, 2.05) is 31.2 Å². The molecule has 2 amide bonds. The third kappa shape index (κ3) is 2.84. The molecule has 2 N–H and O–H groups in total. The van der Waals surface area contributed by atoms with Crippen LogP contribution in [0.4, 0.5) is 5.69 Å². The molecule has 0 spiro atoms. The molecule has 19 heavy (non-hydrogen) atoms. The topological polar surface area (TPSA) is 58.2 Å². The van der Waals surface area contributed by atoms with Crippen LogP contribution in [-0.4, -0.2) is 18.4 Å². The van der Waals surface area contributed by atoms with Crippen molar-refractivity contribution in [3.8, 4) is 0 Å². The standard InChI is InChI=1S/C15H18N2O2/c1-3-10-16-13(18)15(8-9-15)14(19)17-12-6-4-11(2)5-7-12/h3-7H,1,8-10H2,2H3,(H,16,18)(H,17,19). The van der Waals surface area contributed by atoms with Crippen LogP contribution in [-0.2, 0) is 9.59 Å². The maximum absolute atomic E-state index is 12.2. The number of nitrogens with one attached hydrogen (secondary N) is 2. The van der Waals surface area contributed by atoms with E-state index in [-0.39, 0.29) is 11.8 Å². The monoisotopic (exact) mass is 258 g/mol. The molecule has 1 saturated carbocycles. The fourth-order valence-corrected chi connectivity index (χ4v) is 1.90. The first-order chi connectivity index (χ1) is 9.08. The summed E-state index contributed by atoms with van der Waals surface area (Å²) in [6, 6.07) is 7.52. The molecule has 0 heterocycles. The number of aryl methyl sites for hydroxylation is 1. The van der Waals surface area contributed by atoms with Crippen molar-refractivity contribution in [1.82, 2.24) is 5.32 Å². The summed E-state index contributed by atoms with van der Waals surface area (Å²) in [5.74, 6) is -0.435. The summed E-state index contributed by atoms with van der Waals surface area (Å²) in [5.41, 5.74) is 0.967. The predicted octanol–water partition coefficient (Wildman–Crippen LogP) is 2.02. The SMILES string of the molecule is C=CCNC(=O)C1(C(=O)Nc2ccc(C)cc2)CC1. The fraction of sp³-hybridized carbons (Fsp3) is 0.333. The highest BCUT2D eigenvalue weighted by Gasteiger charge is 2.56. The van der Waals surface area contributed by atoms with Crippen molar-refractivity contribution in [2.45, 2.75) is 19.8 Å². The number of rotatable bonds is 5. The van der Waals surface area contributed by atoms with Crippen LogP contribution in [0.2, 0.25) is 0 Å². The van der Waals surface area contributed by atoms with E-state index in [0.29, 0.717) is 19.4 Å². The number of carbonyl (C=O) groups excluding carboxylic acids is 2. The minimum Gasteiger partial charge on any atom is -0.352 e. The molecule has 0 unspecified atom stereocenters. The Hall–Kier alpha value is -2.10. The third-order valence-corrected chi connectivity index (χ3v) is 3.34. The summed E-state index contributed by atoms with van der Waals surface area (Å²) in [5, 5.41) is 5.50. The van der Waals surface area contributed by atoms with Gasteiger partial charge < -0.3 is 10.6 Å². The zero-order chi connectivity index (χ0) is 13.9. The van der Waals surface area contributed by atoms with Crippen LogP contribution < -0.4 is 10.6 Å². The number of anilines is 1. The second-order valence-electron chi connectivity index (χ2n) is 4.90. The summed E-state index contributed by atoms with van der Waals surface area (Å²) in [4.78, 5) is 24.1. The molecule has 1 fully saturated rings. The average molecular weight is 258 g/mol. The van der Waals surface area contributed by atoms with E-state index in [9.17, 15) is 9.59 Å². The Morgan fingerprint density at radius 1 is 1.26 bits per heavy atom. The van der Waals surface area contributed by atoms with E-state index < -0.39 is 5.41 Å². The zero-order valence-electron chi connectivity index (χ0n) is 11.0. The minimum atomic E-state index is -0.881. The summed E-state index contributed by atoms with van der Waals surface area (Å²) in [6.07, 6.45) is 2.81. The maximum atomic E-state index is 12.2. The fourth-order valence-electron chi connectivity index (χ4n) is 1.90. The maximum Gasteiger partial charge on any atom is 0.240 e. The molecule has 0 aliphatic heterocycles. The molecule has 2 rings (SSSR count). The second kappa shape index (κ2) is 5.26. The first-order valence-electron chi connectivity index (χ1n) is 6.36. The van der Waals surface area contributed by atoms with Crippen LogP contribution in [0.5, 0.6) is 0 Å². The van der Waals surface area contributed by atoms with Gasteiger partial charge in [0.15, 0.2) is 0 Å². The number of hydrogen-bond donors (Lipinski definition) is 2. The highest BCUT2D eigenvalue weighted by atomic mass is 16.2. The van der Waals surface area contributed by atoms with Gasteiger partial charge in [-0.05, 0) is 31.9 Å². The number of hydrogen-bond acceptors (Lipinski definition) is 2. The highest BCUT2D eigenvalue weighted by Crippen LogP contribution is 2.46. The zero-order valence-corrected chi connectivity index (χ0v) is 11.0. The lowest BCUT2D eigenvalue weighted by Crippen LogP contribution is -2.40. The third-order valence-electron chi connectivity index (χ3n) is 3.34. The largest absolute Gasteiger partial charge is 0.352 e. The van der Waals surface area contributed by atoms with Crippen LogP contribution in [0.25, 0.3) is 0 Å². The van der Waals surface area contributed by atoms with Gasteiger partial charge >= 0.3 is 0 Å². The molecule has 100 valence electrons. The Morgan fingerprint density at radius 3 is 2.42 bits per heavy atom. The smallest absolute Gasteiger partial charge is 0.240 e. The number of amides is 2. The molecule has 1 aliphatic carbocycles. The lowest BCUT2D eigenvalue weighted by Gasteiger charge is -2.14. The van der Waals surface area contributed by atoms with Crippen molar-refractivity contribution in [3.05, 3.63) is 42.5 Å². The minimum absolute atomic E-state index is 0.211. The van der Waals surface area contributed by atoms with Gasteiger partial charge in [-0.1, -0.05) is 23.8 Å². The van der Waals surface area contributed by atoms with Crippen molar-refractivity contribution < 1.29 is 9.59 Å². The Labute approximate surface area is 112 Å². The van der Waals surface area contributed by atoms with E-state index in [1.165, 1.54) is 0 Å². The highest BCUT2D eigenvalue weighted by molar-refractivity contribution is 6.13. The van der Waals surface area contributed by atoms with E-state index in [4.69, 9.17) is 0 Å². The average Bonchev–Trinajstić information content (AvgIpc) is 3.20. The van der Waals surface area contributed by atoms with Gasteiger partial charge in [0.2, 0.25) is 11.8 Å². The van der Waals surface area contributed by atoms with Gasteiger partial charge in [0.25, 0.3) is 0 Å². The van der Waals surface area contributed by atoms with Crippen molar-refractivity contribution >= 4 is 17.5 Å². The first kappa shape index (κ1) is 13.3. The van der Waals surface area contributed by atoms with Crippen molar-refractivity contribution in [2.24, 2.45) is 5.41 Å². The van der Waals surface area contributed by atoms with E-state index in [0.717, 1.165) is 11.3 Å². The van der Waals surface area contributed by atoms with Crippen LogP contribution >= 0.6 is 0 Å². The second-order valence-corrected chi connectivity index (χ2v) is 4.90. The Bertz CT molecular complexity index is 501. The molecule has 1 aromatic rings. The van der Waals surface area contributed by atoms with Gasteiger partial charge in [-0.25, -0.2) is 0 Å². The van der Waals surface area contributed by atoms with Gasteiger partial charge in [-0.15, -0.1) is 6.58 Å². The summed E-state index contributed by atoms with van der Waals surface area (Å²) < 4.78 is 0. The Balaban J connectivity index is 2.01. The van der Waals surface area contributed by atoms with Gasteiger partial charge in [0.1, 0.15) is 5.41 Å². The summed E-state index contributed by atoms with van der Waals surface area (Å²) in [6.45, 7) is 5.91. The molecule has 0 radical (unpaired) electrons. The first-order valence-corrected chi connectivity index (χ1v) is 6.36. The molecule has 0 bridgehead atoms. The van der Waals surface area contributed by atoms with Crippen LogP contribution in [0.1, 0.15) is 18.4 Å². The van der Waals surface area contributed by atoms with Gasteiger partial charge in [-0.2, -0.15) is 0 Å². The molecular weight excluding hydrogens is 240 g/mol. The molecule has 0 aromatic heterocycles. The van der Waals surface area contributed by atoms with Crippen molar-refractivity contribution in [2.75, 3.05) is 11.9 Å². The lowest BCUT2D eigenvalue weighted by atomic mass is 10.0. The number of benzene rings is 1. The van der Waals surface area contributed by atoms with Crippen LogP contribution in [0.3, 0.4) is 0 Å². The van der Waals surface area contributed by atoms with Gasteiger partial charge in [0.05, 0.1) is 0 Å². The molecule has 4 nitrogen and oxygen atoms in total. The number of carbonyl (C=O) groups is 2. The van der Waals surface area contributed by atoms with Crippen LogP contribution in [0.15, 0.2) is 36.9 Å². The molecule has 0 atom stereocenters. The lowest BCUT2D eigenvalue weighted by molar-refractivity contribution is -0.134. The van der Waals surface area contributed by atoms with E-state index in [2.05, 4.69) is 17.2 Å². The molecule has 1 aliphatic rings. The predicted molar refractivity (Wildman–Crippen MR) is 74.7 cm³/mol. The van der Waals surface area contributed by atoms with Gasteiger partial charge in [0, 0.05) is 12.2 Å². The molecular formula is C15H18N2O2. The van der Waals surface area contributed by atoms with Gasteiger partial charge in [-0.3, -0.25) is 9.59 Å². The normalized spacial score (nSPS) is 15.4. The van der Waals surface area contributed by atoms with E-state index in [1.54, 1.807) is 6.08 Å². The molecule has 4 heteroatoms. The van der Waals surface area contributed by atoms with Crippen molar-refractivity contribution in [3.63, 3.8) is 0 Å².